The fourth-order valence-electron chi connectivity index (χ4n) is 1.65. The minimum atomic E-state index is -0.394. The maximum Gasteiger partial charge on any atom is 0.243 e. The molecule has 0 spiro atoms. The van der Waals surface area contributed by atoms with Gasteiger partial charge in [0.05, 0.1) is 5.69 Å². The van der Waals surface area contributed by atoms with Crippen LogP contribution in [0.3, 0.4) is 0 Å². The van der Waals surface area contributed by atoms with Gasteiger partial charge in [0.2, 0.25) is 5.88 Å². The topological polar surface area (TPSA) is 26.5 Å². The minimum absolute atomic E-state index is 0.186. The molecule has 3 rings (SSSR count). The number of para-hydroxylation sites is 1. The van der Waals surface area contributed by atoms with Gasteiger partial charge in [-0.05, 0) is 12.1 Å². The number of ether oxygens (including phenoxy) is 1. The van der Waals surface area contributed by atoms with E-state index < -0.39 is 5.82 Å². The molecule has 2 heterocycles. The van der Waals surface area contributed by atoms with Gasteiger partial charge in [-0.1, -0.05) is 28.1 Å². The predicted octanol–water partition coefficient (Wildman–Crippen LogP) is 4.22. The van der Waals surface area contributed by atoms with Crippen molar-refractivity contribution in [2.24, 2.45) is 0 Å². The number of hydrogen-bond acceptors (Lipinski definition) is 3. The molecule has 0 bridgehead atoms. The predicted molar refractivity (Wildman–Crippen MR) is 72.2 cm³/mol. The molecule has 0 saturated heterocycles. The molecule has 1 aromatic carbocycles. The van der Waals surface area contributed by atoms with E-state index in [1.807, 2.05) is 16.0 Å². The number of hydrogen-bond donors (Lipinski definition) is 0. The van der Waals surface area contributed by atoms with Crippen LogP contribution in [0.1, 0.15) is 5.69 Å². The van der Waals surface area contributed by atoms with Crippen molar-refractivity contribution in [3.8, 4) is 11.6 Å². The van der Waals surface area contributed by atoms with Crippen LogP contribution in [0, 0.1) is 5.82 Å². The van der Waals surface area contributed by atoms with Crippen molar-refractivity contribution >= 4 is 32.2 Å². The fraction of sp³-hybridized carbons (Fsp3) is 0.0833. The van der Waals surface area contributed by atoms with Crippen LogP contribution in [0.15, 0.2) is 35.8 Å². The van der Waals surface area contributed by atoms with Gasteiger partial charge in [0.1, 0.15) is 0 Å². The summed E-state index contributed by atoms with van der Waals surface area (Å²) in [7, 11) is 0. The number of alkyl halides is 1. The van der Waals surface area contributed by atoms with Crippen LogP contribution in [0.2, 0.25) is 0 Å². The van der Waals surface area contributed by atoms with E-state index in [2.05, 4.69) is 20.9 Å². The fourth-order valence-corrected chi connectivity index (χ4v) is 2.88. The molecule has 92 valence electrons. The van der Waals surface area contributed by atoms with E-state index in [1.165, 1.54) is 17.4 Å². The Morgan fingerprint density at radius 2 is 2.22 bits per heavy atom. The van der Waals surface area contributed by atoms with E-state index >= 15 is 0 Å². The lowest BCUT2D eigenvalue weighted by Gasteiger charge is -2.04. The molecule has 0 aliphatic carbocycles. The Balaban J connectivity index is 2.04. The first-order valence-corrected chi connectivity index (χ1v) is 7.22. The van der Waals surface area contributed by atoms with Gasteiger partial charge >= 0.3 is 0 Å². The second kappa shape index (κ2) is 4.70. The zero-order chi connectivity index (χ0) is 12.5. The number of benzene rings is 1. The molecule has 0 radical (unpaired) electrons. The zero-order valence-corrected chi connectivity index (χ0v) is 11.5. The molecule has 0 fully saturated rings. The first kappa shape index (κ1) is 11.7. The molecule has 6 heteroatoms. The molecule has 0 unspecified atom stereocenters. The first-order valence-electron chi connectivity index (χ1n) is 5.22. The van der Waals surface area contributed by atoms with Gasteiger partial charge in [-0.25, -0.2) is 4.39 Å². The molecule has 0 amide bonds. The van der Waals surface area contributed by atoms with Crippen LogP contribution in [0.5, 0.6) is 11.6 Å². The minimum Gasteiger partial charge on any atom is -0.434 e. The number of thiazole rings is 1. The van der Waals surface area contributed by atoms with E-state index in [0.717, 1.165) is 10.7 Å². The lowest BCUT2D eigenvalue weighted by molar-refractivity contribution is 0.426. The molecule has 3 aromatic rings. The second-order valence-electron chi connectivity index (χ2n) is 3.59. The highest BCUT2D eigenvalue weighted by Crippen LogP contribution is 2.30. The Morgan fingerprint density at radius 3 is 3.00 bits per heavy atom. The molecule has 0 saturated carbocycles. The number of aromatic nitrogens is 2. The number of fused-ring (bicyclic) bond motifs is 1. The monoisotopic (exact) mass is 326 g/mol. The average molecular weight is 327 g/mol. The van der Waals surface area contributed by atoms with Gasteiger partial charge in [-0.15, -0.1) is 11.3 Å². The molecule has 18 heavy (non-hydrogen) atoms. The molecule has 0 aliphatic heterocycles. The molecule has 3 nitrogen and oxygen atoms in total. The van der Waals surface area contributed by atoms with Crippen LogP contribution in [0.25, 0.3) is 4.96 Å². The molecule has 0 N–H and O–H groups in total. The Kier molecular flexibility index (Phi) is 3.05. The Hall–Kier alpha value is -1.40. The van der Waals surface area contributed by atoms with Crippen molar-refractivity contribution in [2.75, 3.05) is 0 Å². The van der Waals surface area contributed by atoms with E-state index in [4.69, 9.17) is 4.74 Å². The van der Waals surface area contributed by atoms with Crippen molar-refractivity contribution in [2.45, 2.75) is 5.33 Å². The van der Waals surface area contributed by atoms with Crippen LogP contribution in [-0.2, 0) is 5.33 Å². The third-order valence-electron chi connectivity index (χ3n) is 2.49. The zero-order valence-electron chi connectivity index (χ0n) is 9.14. The van der Waals surface area contributed by atoms with Crippen molar-refractivity contribution in [1.29, 1.82) is 0 Å². The highest BCUT2D eigenvalue weighted by Gasteiger charge is 2.15. The standard InChI is InChI=1S/C12H8BrFN2OS/c13-7-9-11(15-12-16(9)5-6-18-12)17-10-4-2-1-3-8(10)14/h1-6H,7H2. The van der Waals surface area contributed by atoms with Crippen molar-refractivity contribution in [3.63, 3.8) is 0 Å². The summed E-state index contributed by atoms with van der Waals surface area (Å²) >= 11 is 4.90. The largest absolute Gasteiger partial charge is 0.434 e. The molecular weight excluding hydrogens is 319 g/mol. The maximum atomic E-state index is 13.5. The smallest absolute Gasteiger partial charge is 0.243 e. The molecular formula is C12H8BrFN2OS. The van der Waals surface area contributed by atoms with Crippen LogP contribution in [0.4, 0.5) is 4.39 Å². The molecule has 0 aliphatic rings. The highest BCUT2D eigenvalue weighted by atomic mass is 79.9. The Morgan fingerprint density at radius 1 is 1.39 bits per heavy atom. The molecule has 0 atom stereocenters. The summed E-state index contributed by atoms with van der Waals surface area (Å²) in [6.07, 6.45) is 1.91. The third kappa shape index (κ3) is 1.91. The summed E-state index contributed by atoms with van der Waals surface area (Å²) in [6, 6.07) is 6.30. The second-order valence-corrected chi connectivity index (χ2v) is 5.02. The third-order valence-corrected chi connectivity index (χ3v) is 3.78. The average Bonchev–Trinajstić information content (AvgIpc) is 2.92. The van der Waals surface area contributed by atoms with Crippen LogP contribution < -0.4 is 4.74 Å². The summed E-state index contributed by atoms with van der Waals surface area (Å²) in [4.78, 5) is 5.17. The summed E-state index contributed by atoms with van der Waals surface area (Å²) in [5.74, 6) is 0.226. The number of imidazole rings is 1. The van der Waals surface area contributed by atoms with Gasteiger partial charge in [-0.2, -0.15) is 4.98 Å². The van der Waals surface area contributed by atoms with Crippen LogP contribution in [-0.4, -0.2) is 9.38 Å². The van der Waals surface area contributed by atoms with Gasteiger partial charge in [0.25, 0.3) is 0 Å². The van der Waals surface area contributed by atoms with E-state index in [0.29, 0.717) is 11.2 Å². The molecule has 2 aromatic heterocycles. The lowest BCUT2D eigenvalue weighted by Crippen LogP contribution is -1.92. The Labute approximate surface area is 115 Å². The number of rotatable bonds is 3. The van der Waals surface area contributed by atoms with Crippen molar-refractivity contribution in [1.82, 2.24) is 9.38 Å². The van der Waals surface area contributed by atoms with Gasteiger partial charge < -0.3 is 4.74 Å². The summed E-state index contributed by atoms with van der Waals surface area (Å²) in [6.45, 7) is 0. The lowest BCUT2D eigenvalue weighted by atomic mass is 10.3. The quantitative estimate of drug-likeness (QED) is 0.673. The van der Waals surface area contributed by atoms with Crippen molar-refractivity contribution < 1.29 is 9.13 Å². The van der Waals surface area contributed by atoms with E-state index in [9.17, 15) is 4.39 Å². The number of nitrogens with zero attached hydrogens (tertiary/aromatic N) is 2. The summed E-state index contributed by atoms with van der Waals surface area (Å²) in [5, 5.41) is 2.54. The van der Waals surface area contributed by atoms with Gasteiger partial charge in [-0.3, -0.25) is 4.40 Å². The summed E-state index contributed by atoms with van der Waals surface area (Å²) < 4.78 is 21.0. The Bertz CT molecular complexity index is 694. The van der Waals surface area contributed by atoms with E-state index in [-0.39, 0.29) is 5.75 Å². The van der Waals surface area contributed by atoms with Crippen molar-refractivity contribution in [3.05, 3.63) is 47.4 Å². The number of halogens is 2. The van der Waals surface area contributed by atoms with E-state index in [1.54, 1.807) is 18.2 Å². The van der Waals surface area contributed by atoms with Crippen LogP contribution >= 0.6 is 27.3 Å². The van der Waals surface area contributed by atoms with Gasteiger partial charge in [0.15, 0.2) is 16.5 Å². The SMILES string of the molecule is Fc1ccccc1Oc1nc2sccn2c1CBr. The maximum absolute atomic E-state index is 13.5. The van der Waals surface area contributed by atoms with Gasteiger partial charge in [0, 0.05) is 16.9 Å². The highest BCUT2D eigenvalue weighted by molar-refractivity contribution is 9.08. The summed E-state index contributed by atoms with van der Waals surface area (Å²) in [5.41, 5.74) is 0.870. The first-order chi connectivity index (χ1) is 8.79. The normalized spacial score (nSPS) is 11.0.